The maximum absolute atomic E-state index is 12.3. The quantitative estimate of drug-likeness (QED) is 0.517. The van der Waals surface area contributed by atoms with Gasteiger partial charge in [-0.1, -0.05) is 25.5 Å². The number of ether oxygens (including phenoxy) is 1. The van der Waals surface area contributed by atoms with Crippen molar-refractivity contribution in [2.45, 2.75) is 40.2 Å². The predicted molar refractivity (Wildman–Crippen MR) is 119 cm³/mol. The van der Waals surface area contributed by atoms with Crippen LogP contribution >= 0.6 is 0 Å². The van der Waals surface area contributed by atoms with E-state index in [0.29, 0.717) is 41.7 Å². The van der Waals surface area contributed by atoms with Crippen LogP contribution in [0.5, 0.6) is 5.88 Å². The molecule has 0 bridgehead atoms. The van der Waals surface area contributed by atoms with Crippen LogP contribution in [0.25, 0.3) is 11.2 Å². The molecule has 3 heterocycles. The molecule has 32 heavy (non-hydrogen) atoms. The van der Waals surface area contributed by atoms with Crippen molar-refractivity contribution >= 4 is 17.1 Å². The van der Waals surface area contributed by atoms with Crippen LogP contribution < -0.4 is 10.1 Å². The van der Waals surface area contributed by atoms with Gasteiger partial charge in [0.05, 0.1) is 12.6 Å². The van der Waals surface area contributed by atoms with Crippen LogP contribution in [0.4, 0.5) is 0 Å². The molecule has 0 aromatic carbocycles. The second-order valence-corrected chi connectivity index (χ2v) is 8.84. The highest BCUT2D eigenvalue weighted by atomic mass is 16.5. The summed E-state index contributed by atoms with van der Waals surface area (Å²) in [6.07, 6.45) is 5.67. The molecule has 0 saturated carbocycles. The van der Waals surface area contributed by atoms with Crippen LogP contribution in [0.15, 0.2) is 30.1 Å². The number of H-pyrrole nitrogens is 1. The Hall–Kier alpha value is -3.30. The molecule has 3 unspecified atom stereocenters. The molecule has 3 atom stereocenters. The van der Waals surface area contributed by atoms with E-state index in [0.717, 1.165) is 24.2 Å². The van der Waals surface area contributed by atoms with E-state index in [2.05, 4.69) is 62.6 Å². The van der Waals surface area contributed by atoms with Gasteiger partial charge in [-0.15, -0.1) is 5.10 Å². The van der Waals surface area contributed by atoms with E-state index in [4.69, 9.17) is 4.74 Å². The lowest BCUT2D eigenvalue weighted by molar-refractivity contribution is -0.122. The molecule has 0 fully saturated rings. The van der Waals surface area contributed by atoms with E-state index in [1.807, 2.05) is 12.1 Å². The van der Waals surface area contributed by atoms with Crippen LogP contribution in [0.2, 0.25) is 0 Å². The molecule has 170 valence electrons. The smallest absolute Gasteiger partial charge is 0.241 e. The van der Waals surface area contributed by atoms with Crippen molar-refractivity contribution in [1.29, 1.82) is 0 Å². The number of carbonyl (C=O) groups excluding carboxylic acids is 1. The summed E-state index contributed by atoms with van der Waals surface area (Å²) in [6, 6.07) is 3.79. The summed E-state index contributed by atoms with van der Waals surface area (Å²) in [7, 11) is 1.61. The molecule has 2 N–H and O–H groups in total. The number of aromatic amines is 1. The maximum atomic E-state index is 12.3. The highest BCUT2D eigenvalue weighted by Gasteiger charge is 2.32. The Morgan fingerprint density at radius 2 is 2.19 bits per heavy atom. The number of nitrogens with one attached hydrogen (secondary N) is 2. The molecule has 4 rings (SSSR count). The predicted octanol–water partition coefficient (Wildman–Crippen LogP) is 2.17. The number of fused-ring (bicyclic) bond motifs is 1. The molecular formula is C22H30N8O2. The van der Waals surface area contributed by atoms with Gasteiger partial charge in [0.15, 0.2) is 5.65 Å². The SMILES string of the molecule is COc1ccc2[nH]c(CC3CC(C(C)C)C(CNC(=O)Cn4cnnn4)C=C3C)nc2n1. The van der Waals surface area contributed by atoms with Gasteiger partial charge in [-0.05, 0) is 53.5 Å². The Bertz CT molecular complexity index is 1090. The average molecular weight is 439 g/mol. The minimum Gasteiger partial charge on any atom is -0.481 e. The number of allylic oxidation sites excluding steroid dienone is 1. The molecule has 0 spiro atoms. The lowest BCUT2D eigenvalue weighted by atomic mass is 9.70. The number of hydrogen-bond acceptors (Lipinski definition) is 7. The van der Waals surface area contributed by atoms with Crippen LogP contribution in [0, 0.1) is 23.7 Å². The van der Waals surface area contributed by atoms with E-state index in [1.165, 1.54) is 16.6 Å². The van der Waals surface area contributed by atoms with E-state index in [1.54, 1.807) is 7.11 Å². The largest absolute Gasteiger partial charge is 0.481 e. The summed E-state index contributed by atoms with van der Waals surface area (Å²) >= 11 is 0. The number of imidazole rings is 1. The van der Waals surface area contributed by atoms with Crippen molar-refractivity contribution in [1.82, 2.24) is 40.5 Å². The lowest BCUT2D eigenvalue weighted by Crippen LogP contribution is -2.38. The van der Waals surface area contributed by atoms with Gasteiger partial charge in [-0.25, -0.2) is 9.67 Å². The van der Waals surface area contributed by atoms with Gasteiger partial charge < -0.3 is 15.0 Å². The minimum absolute atomic E-state index is 0.0850. The number of methoxy groups -OCH3 is 1. The third-order valence-corrected chi connectivity index (χ3v) is 6.33. The van der Waals surface area contributed by atoms with Gasteiger partial charge in [0.25, 0.3) is 0 Å². The number of nitrogens with zero attached hydrogens (tertiary/aromatic N) is 6. The zero-order valence-corrected chi connectivity index (χ0v) is 18.9. The van der Waals surface area contributed by atoms with E-state index < -0.39 is 0 Å². The monoisotopic (exact) mass is 438 g/mol. The molecule has 10 nitrogen and oxygen atoms in total. The normalized spacial score (nSPS) is 21.0. The molecule has 1 aliphatic rings. The summed E-state index contributed by atoms with van der Waals surface area (Å²) in [5.41, 5.74) is 2.94. The summed E-state index contributed by atoms with van der Waals surface area (Å²) in [4.78, 5) is 24.8. The lowest BCUT2D eigenvalue weighted by Gasteiger charge is -2.37. The Morgan fingerprint density at radius 1 is 1.34 bits per heavy atom. The Kier molecular flexibility index (Phi) is 6.48. The number of rotatable bonds is 8. The average Bonchev–Trinajstić information content (AvgIpc) is 3.42. The van der Waals surface area contributed by atoms with Crippen molar-refractivity contribution in [2.75, 3.05) is 13.7 Å². The summed E-state index contributed by atoms with van der Waals surface area (Å²) in [6.45, 7) is 7.43. The minimum atomic E-state index is -0.0850. The fourth-order valence-electron chi connectivity index (χ4n) is 4.56. The number of aromatic nitrogens is 7. The summed E-state index contributed by atoms with van der Waals surface area (Å²) in [5.74, 6) is 3.09. The Balaban J connectivity index is 1.43. The summed E-state index contributed by atoms with van der Waals surface area (Å²) < 4.78 is 6.63. The molecule has 1 amide bonds. The van der Waals surface area contributed by atoms with E-state index in [-0.39, 0.29) is 12.5 Å². The van der Waals surface area contributed by atoms with E-state index >= 15 is 0 Å². The molecule has 0 saturated heterocycles. The summed E-state index contributed by atoms with van der Waals surface area (Å²) in [5, 5.41) is 13.9. The fraction of sp³-hybridized carbons (Fsp3) is 0.545. The van der Waals surface area contributed by atoms with Crippen molar-refractivity contribution in [3.8, 4) is 5.88 Å². The number of hydrogen-bond donors (Lipinski definition) is 2. The Labute approximate surface area is 186 Å². The first-order valence-electron chi connectivity index (χ1n) is 11.0. The fourth-order valence-corrected chi connectivity index (χ4v) is 4.56. The highest BCUT2D eigenvalue weighted by Crippen LogP contribution is 2.38. The topological polar surface area (TPSA) is 124 Å². The van der Waals surface area contributed by atoms with Crippen molar-refractivity contribution in [2.24, 2.45) is 23.7 Å². The van der Waals surface area contributed by atoms with E-state index in [9.17, 15) is 4.79 Å². The first-order valence-corrected chi connectivity index (χ1v) is 11.0. The van der Waals surface area contributed by atoms with Gasteiger partial charge in [0.2, 0.25) is 11.8 Å². The van der Waals surface area contributed by atoms with Gasteiger partial charge in [-0.2, -0.15) is 4.98 Å². The van der Waals surface area contributed by atoms with Crippen LogP contribution in [-0.2, 0) is 17.8 Å². The molecule has 10 heteroatoms. The van der Waals surface area contributed by atoms with Crippen LogP contribution in [-0.4, -0.2) is 54.7 Å². The van der Waals surface area contributed by atoms with Gasteiger partial charge in [0.1, 0.15) is 18.7 Å². The molecular weight excluding hydrogens is 408 g/mol. The zero-order chi connectivity index (χ0) is 22.7. The molecule has 1 aliphatic carbocycles. The van der Waals surface area contributed by atoms with Crippen molar-refractivity contribution in [3.63, 3.8) is 0 Å². The van der Waals surface area contributed by atoms with Gasteiger partial charge >= 0.3 is 0 Å². The number of tetrazole rings is 1. The first kappa shape index (κ1) is 21.9. The molecule has 3 aromatic heterocycles. The molecule has 3 aromatic rings. The zero-order valence-electron chi connectivity index (χ0n) is 18.9. The van der Waals surface area contributed by atoms with Gasteiger partial charge in [0, 0.05) is 19.0 Å². The Morgan fingerprint density at radius 3 is 2.91 bits per heavy atom. The van der Waals surface area contributed by atoms with Crippen molar-refractivity contribution in [3.05, 3.63) is 35.9 Å². The first-order chi connectivity index (χ1) is 15.4. The third kappa shape index (κ3) is 4.95. The molecule has 0 aliphatic heterocycles. The standard InChI is InChI=1S/C22H30N8O2/c1-13(2)17-8-15(9-19-25-18-5-6-21(32-4)27-22(18)26-19)14(3)7-16(17)10-23-20(31)11-30-12-24-28-29-30/h5-7,12-13,15-17H,8-11H2,1-4H3,(H,23,31)(H,25,26,27). The van der Waals surface area contributed by atoms with Crippen LogP contribution in [0.3, 0.4) is 0 Å². The van der Waals surface area contributed by atoms with Gasteiger partial charge in [-0.3, -0.25) is 4.79 Å². The maximum Gasteiger partial charge on any atom is 0.241 e. The number of amides is 1. The highest BCUT2D eigenvalue weighted by molar-refractivity contribution is 5.75. The van der Waals surface area contributed by atoms with Crippen LogP contribution in [0.1, 0.15) is 33.0 Å². The van der Waals surface area contributed by atoms with Crippen molar-refractivity contribution < 1.29 is 9.53 Å². The second kappa shape index (κ2) is 9.46. The number of pyridine rings is 1. The second-order valence-electron chi connectivity index (χ2n) is 8.84. The molecule has 0 radical (unpaired) electrons. The third-order valence-electron chi connectivity index (χ3n) is 6.33. The number of carbonyl (C=O) groups is 1.